The van der Waals surface area contributed by atoms with E-state index in [9.17, 15) is 18.0 Å². The zero-order valence-corrected chi connectivity index (χ0v) is 12.1. The fourth-order valence-electron chi connectivity index (χ4n) is 1.54. The lowest BCUT2D eigenvalue weighted by molar-refractivity contribution is 0.0981. The van der Waals surface area contributed by atoms with Gasteiger partial charge in [0.25, 0.3) is 15.9 Å². The van der Waals surface area contributed by atoms with Crippen LogP contribution < -0.4 is 4.72 Å². The molecule has 0 aliphatic rings. The van der Waals surface area contributed by atoms with Gasteiger partial charge in [0, 0.05) is 16.1 Å². The summed E-state index contributed by atoms with van der Waals surface area (Å²) in [5.74, 6) is -0.789. The van der Waals surface area contributed by atoms with Gasteiger partial charge in [-0.15, -0.1) is 0 Å². The molecular weight excluding hydrogens is 314 g/mol. The number of carbonyl (C=O) groups excluding carboxylic acids is 2. The molecule has 0 aromatic heterocycles. The van der Waals surface area contributed by atoms with Crippen LogP contribution in [0, 0.1) is 0 Å². The maximum absolute atomic E-state index is 12.0. The highest BCUT2D eigenvalue weighted by Crippen LogP contribution is 2.14. The van der Waals surface area contributed by atoms with Gasteiger partial charge >= 0.3 is 0 Å². The second-order valence-corrected chi connectivity index (χ2v) is 6.19. The van der Waals surface area contributed by atoms with E-state index in [-0.39, 0.29) is 16.0 Å². The SMILES string of the molecule is O=[C]c1ccc(C(=O)NS(=O)(=O)c2ccc(Cl)cc2)cc1. The molecule has 2 rings (SSSR count). The van der Waals surface area contributed by atoms with E-state index in [1.165, 1.54) is 48.5 Å². The molecule has 2 aromatic carbocycles. The standard InChI is InChI=1S/C14H9ClNO4S/c15-12-5-7-13(8-6-12)21(19,20)16-14(18)11-3-1-10(9-17)2-4-11/h1-8H,(H,16,18). The fraction of sp³-hybridized carbons (Fsp3) is 0. The van der Waals surface area contributed by atoms with Gasteiger partial charge in [-0.2, -0.15) is 0 Å². The number of benzene rings is 2. The largest absolute Gasteiger partial charge is 0.285 e. The van der Waals surface area contributed by atoms with Gasteiger partial charge in [0.2, 0.25) is 6.29 Å². The maximum atomic E-state index is 12.0. The molecule has 2 aromatic rings. The molecule has 0 spiro atoms. The van der Waals surface area contributed by atoms with Crippen molar-refractivity contribution in [2.45, 2.75) is 4.90 Å². The van der Waals surface area contributed by atoms with E-state index in [0.717, 1.165) is 0 Å². The highest BCUT2D eigenvalue weighted by Gasteiger charge is 2.18. The molecule has 5 nitrogen and oxygen atoms in total. The fourth-order valence-corrected chi connectivity index (χ4v) is 2.64. The Morgan fingerprint density at radius 2 is 1.57 bits per heavy atom. The van der Waals surface area contributed by atoms with Gasteiger partial charge in [0.05, 0.1) is 4.90 Å². The Labute approximate surface area is 126 Å². The van der Waals surface area contributed by atoms with Gasteiger partial charge in [0.15, 0.2) is 0 Å². The summed E-state index contributed by atoms with van der Waals surface area (Å²) < 4.78 is 26.0. The summed E-state index contributed by atoms with van der Waals surface area (Å²) in [7, 11) is -3.98. The molecule has 0 heterocycles. The summed E-state index contributed by atoms with van der Waals surface area (Å²) in [4.78, 5) is 22.2. The Kier molecular flexibility index (Phi) is 4.40. The lowest BCUT2D eigenvalue weighted by Crippen LogP contribution is -2.30. The van der Waals surface area contributed by atoms with E-state index in [1.807, 2.05) is 4.72 Å². The molecule has 1 amide bonds. The van der Waals surface area contributed by atoms with Crippen molar-refractivity contribution in [3.63, 3.8) is 0 Å². The van der Waals surface area contributed by atoms with E-state index >= 15 is 0 Å². The summed E-state index contributed by atoms with van der Waals surface area (Å²) in [5, 5.41) is 0.390. The van der Waals surface area contributed by atoms with Gasteiger partial charge in [0.1, 0.15) is 0 Å². The van der Waals surface area contributed by atoms with Crippen molar-refractivity contribution in [1.82, 2.24) is 4.72 Å². The molecule has 7 heteroatoms. The second-order valence-electron chi connectivity index (χ2n) is 4.07. The molecule has 0 aliphatic heterocycles. The molecule has 1 radical (unpaired) electrons. The van der Waals surface area contributed by atoms with E-state index in [1.54, 1.807) is 6.29 Å². The van der Waals surface area contributed by atoms with Crippen molar-refractivity contribution in [1.29, 1.82) is 0 Å². The third-order valence-electron chi connectivity index (χ3n) is 2.62. The molecule has 21 heavy (non-hydrogen) atoms. The molecule has 0 fully saturated rings. The van der Waals surface area contributed by atoms with Crippen LogP contribution in [-0.4, -0.2) is 20.6 Å². The van der Waals surface area contributed by atoms with E-state index in [2.05, 4.69) is 0 Å². The summed E-state index contributed by atoms with van der Waals surface area (Å²) in [6, 6.07) is 10.8. The zero-order chi connectivity index (χ0) is 15.5. The molecule has 0 aliphatic carbocycles. The van der Waals surface area contributed by atoms with E-state index in [0.29, 0.717) is 5.02 Å². The highest BCUT2D eigenvalue weighted by atomic mass is 35.5. The van der Waals surface area contributed by atoms with Crippen molar-refractivity contribution in [3.05, 3.63) is 64.7 Å². The first-order valence-corrected chi connectivity index (χ1v) is 7.59. The number of nitrogens with one attached hydrogen (secondary N) is 1. The summed E-state index contributed by atoms with van der Waals surface area (Å²) in [5.41, 5.74) is 0.388. The number of hydrogen-bond acceptors (Lipinski definition) is 4. The molecule has 0 atom stereocenters. The summed E-state index contributed by atoms with van der Waals surface area (Å²) in [6.07, 6.45) is 1.66. The number of rotatable bonds is 4. The van der Waals surface area contributed by atoms with Crippen LogP contribution in [-0.2, 0) is 14.8 Å². The first-order chi connectivity index (χ1) is 9.92. The number of amides is 1. The van der Waals surface area contributed by atoms with Crippen molar-refractivity contribution in [2.75, 3.05) is 0 Å². The lowest BCUT2D eigenvalue weighted by Gasteiger charge is -2.07. The number of halogens is 1. The average Bonchev–Trinajstić information content (AvgIpc) is 2.47. The molecule has 0 bridgehead atoms. The Morgan fingerprint density at radius 3 is 2.10 bits per heavy atom. The van der Waals surface area contributed by atoms with Gasteiger partial charge in [-0.05, 0) is 36.4 Å². The monoisotopic (exact) mass is 322 g/mol. The Morgan fingerprint density at radius 1 is 1.00 bits per heavy atom. The van der Waals surface area contributed by atoms with Crippen LogP contribution >= 0.6 is 11.6 Å². The number of hydrogen-bond donors (Lipinski definition) is 1. The minimum absolute atomic E-state index is 0.0712. The third-order valence-corrected chi connectivity index (χ3v) is 4.21. The predicted octanol–water partition coefficient (Wildman–Crippen LogP) is 1.92. The minimum atomic E-state index is -3.98. The third kappa shape index (κ3) is 3.68. The average molecular weight is 323 g/mol. The van der Waals surface area contributed by atoms with Gasteiger partial charge in [-0.3, -0.25) is 9.59 Å². The van der Waals surface area contributed by atoms with Gasteiger partial charge < -0.3 is 0 Å². The van der Waals surface area contributed by atoms with Crippen molar-refractivity contribution >= 4 is 33.8 Å². The molecule has 107 valence electrons. The summed E-state index contributed by atoms with van der Waals surface area (Å²) >= 11 is 5.68. The first-order valence-electron chi connectivity index (χ1n) is 5.73. The van der Waals surface area contributed by atoms with Crippen LogP contribution in [0.3, 0.4) is 0 Å². The van der Waals surface area contributed by atoms with Crippen LogP contribution in [0.25, 0.3) is 0 Å². The quantitative estimate of drug-likeness (QED) is 0.932. The van der Waals surface area contributed by atoms with E-state index in [4.69, 9.17) is 11.6 Å². The molecule has 0 saturated heterocycles. The summed E-state index contributed by atoms with van der Waals surface area (Å²) in [6.45, 7) is 0. The molecule has 0 saturated carbocycles. The molecular formula is C14H9ClNO4S. The number of carbonyl (C=O) groups is 1. The maximum Gasteiger partial charge on any atom is 0.264 e. The van der Waals surface area contributed by atoms with Crippen LogP contribution in [0.4, 0.5) is 0 Å². The minimum Gasteiger partial charge on any atom is -0.285 e. The molecule has 0 unspecified atom stereocenters. The topological polar surface area (TPSA) is 80.3 Å². The first kappa shape index (κ1) is 15.2. The Hall–Kier alpha value is -2.18. The predicted molar refractivity (Wildman–Crippen MR) is 77.3 cm³/mol. The molecule has 1 N–H and O–H groups in total. The zero-order valence-electron chi connectivity index (χ0n) is 10.5. The highest BCUT2D eigenvalue weighted by molar-refractivity contribution is 7.90. The smallest absolute Gasteiger partial charge is 0.264 e. The normalized spacial score (nSPS) is 10.9. The van der Waals surface area contributed by atoms with Crippen LogP contribution in [0.5, 0.6) is 0 Å². The van der Waals surface area contributed by atoms with Crippen LogP contribution in [0.15, 0.2) is 53.4 Å². The van der Waals surface area contributed by atoms with Crippen molar-refractivity contribution < 1.29 is 18.0 Å². The van der Waals surface area contributed by atoms with E-state index < -0.39 is 15.9 Å². The number of sulfonamides is 1. The van der Waals surface area contributed by atoms with Crippen molar-refractivity contribution in [2.24, 2.45) is 0 Å². The van der Waals surface area contributed by atoms with Crippen LogP contribution in [0.1, 0.15) is 15.9 Å². The van der Waals surface area contributed by atoms with Gasteiger partial charge in [-0.25, -0.2) is 13.1 Å². The Balaban J connectivity index is 2.21. The second kappa shape index (κ2) is 6.07. The van der Waals surface area contributed by atoms with Crippen molar-refractivity contribution in [3.8, 4) is 0 Å². The van der Waals surface area contributed by atoms with Crippen LogP contribution in [0.2, 0.25) is 5.02 Å². The van der Waals surface area contributed by atoms with Gasteiger partial charge in [-0.1, -0.05) is 23.7 Å². The lowest BCUT2D eigenvalue weighted by atomic mass is 10.1. The Bertz CT molecular complexity index is 768.